The molecule has 0 atom stereocenters. The van der Waals surface area contributed by atoms with Crippen molar-refractivity contribution in [3.63, 3.8) is 0 Å². The maximum absolute atomic E-state index is 12.3. The first kappa shape index (κ1) is 25.2. The average Bonchev–Trinajstić information content (AvgIpc) is 2.92. The molecule has 0 saturated heterocycles. The van der Waals surface area contributed by atoms with Crippen LogP contribution in [0.5, 0.6) is 17.2 Å². The number of carbonyl (C=O) groups excluding carboxylic acids is 2. The van der Waals surface area contributed by atoms with Gasteiger partial charge in [0.25, 0.3) is 11.8 Å². The third-order valence-electron chi connectivity index (χ3n) is 5.32. The number of aryl methyl sites for hydroxylation is 1. The second kappa shape index (κ2) is 12.2. The highest BCUT2D eigenvalue weighted by molar-refractivity contribution is 5.92. The van der Waals surface area contributed by atoms with Crippen LogP contribution in [-0.4, -0.2) is 43.3 Å². The number of amides is 2. The Morgan fingerprint density at radius 3 is 2.51 bits per heavy atom. The van der Waals surface area contributed by atoms with Gasteiger partial charge in [0.2, 0.25) is 0 Å². The van der Waals surface area contributed by atoms with Gasteiger partial charge in [0, 0.05) is 17.3 Å². The summed E-state index contributed by atoms with van der Waals surface area (Å²) < 4.78 is 16.6. The molecule has 9 heteroatoms. The summed E-state index contributed by atoms with van der Waals surface area (Å²) in [5, 5.41) is 7.71. The number of rotatable bonds is 10. The molecule has 4 rings (SSSR count). The van der Waals surface area contributed by atoms with Crippen LogP contribution in [0.2, 0.25) is 0 Å². The van der Waals surface area contributed by atoms with E-state index in [1.807, 2.05) is 55.5 Å². The topological polar surface area (TPSA) is 111 Å². The van der Waals surface area contributed by atoms with E-state index >= 15 is 0 Å². The van der Waals surface area contributed by atoms with E-state index in [1.54, 1.807) is 30.5 Å². The van der Waals surface area contributed by atoms with Crippen LogP contribution >= 0.6 is 0 Å². The van der Waals surface area contributed by atoms with E-state index in [-0.39, 0.29) is 19.1 Å². The molecular formula is C28H26N4O5. The highest BCUT2D eigenvalue weighted by atomic mass is 16.5. The van der Waals surface area contributed by atoms with Crippen LogP contribution < -0.4 is 25.0 Å². The zero-order chi connectivity index (χ0) is 26.0. The molecule has 4 aromatic rings. The van der Waals surface area contributed by atoms with Gasteiger partial charge in [-0.2, -0.15) is 5.10 Å². The van der Waals surface area contributed by atoms with Crippen LogP contribution in [0.1, 0.15) is 11.1 Å². The molecule has 0 spiro atoms. The summed E-state index contributed by atoms with van der Waals surface area (Å²) in [6.45, 7) is 1.52. The van der Waals surface area contributed by atoms with Gasteiger partial charge in [-0.1, -0.05) is 36.4 Å². The van der Waals surface area contributed by atoms with E-state index in [0.717, 1.165) is 16.6 Å². The van der Waals surface area contributed by atoms with Crippen molar-refractivity contribution in [2.75, 3.05) is 25.6 Å². The summed E-state index contributed by atoms with van der Waals surface area (Å²) in [5.41, 5.74) is 5.47. The Bertz CT molecular complexity index is 1430. The number of anilines is 1. The first-order valence-electron chi connectivity index (χ1n) is 11.5. The molecule has 37 heavy (non-hydrogen) atoms. The third-order valence-corrected chi connectivity index (χ3v) is 5.32. The van der Waals surface area contributed by atoms with Crippen molar-refractivity contribution >= 4 is 34.6 Å². The van der Waals surface area contributed by atoms with Crippen LogP contribution in [0.15, 0.2) is 84.1 Å². The molecular weight excluding hydrogens is 472 g/mol. The maximum Gasteiger partial charge on any atom is 0.277 e. The number of nitrogens with zero attached hydrogens (tertiary/aromatic N) is 2. The number of hydrogen-bond acceptors (Lipinski definition) is 7. The fourth-order valence-electron chi connectivity index (χ4n) is 3.47. The molecule has 0 saturated carbocycles. The van der Waals surface area contributed by atoms with E-state index in [4.69, 9.17) is 14.2 Å². The lowest BCUT2D eigenvalue weighted by Crippen LogP contribution is -2.24. The lowest BCUT2D eigenvalue weighted by atomic mass is 10.2. The Morgan fingerprint density at radius 1 is 0.892 bits per heavy atom. The second-order valence-electron chi connectivity index (χ2n) is 7.98. The zero-order valence-corrected chi connectivity index (χ0v) is 20.4. The molecule has 0 bridgehead atoms. The number of carbonyl (C=O) groups is 2. The first-order valence-corrected chi connectivity index (χ1v) is 11.5. The maximum atomic E-state index is 12.3. The quantitative estimate of drug-likeness (QED) is 0.252. The number of aromatic nitrogens is 1. The Hall–Kier alpha value is -4.92. The zero-order valence-electron chi connectivity index (χ0n) is 20.4. The Morgan fingerprint density at radius 2 is 1.68 bits per heavy atom. The Kier molecular flexibility index (Phi) is 8.28. The van der Waals surface area contributed by atoms with Crippen molar-refractivity contribution in [2.45, 2.75) is 6.92 Å². The monoisotopic (exact) mass is 498 g/mol. The Labute approximate surface area is 214 Å². The molecule has 0 aliphatic heterocycles. The van der Waals surface area contributed by atoms with Crippen molar-refractivity contribution in [2.24, 2.45) is 5.10 Å². The van der Waals surface area contributed by atoms with Crippen LogP contribution in [0.25, 0.3) is 10.9 Å². The number of methoxy groups -OCH3 is 1. The molecule has 9 nitrogen and oxygen atoms in total. The lowest BCUT2D eigenvalue weighted by molar-refractivity contribution is -0.123. The molecule has 2 amide bonds. The minimum Gasteiger partial charge on any atom is -0.493 e. The predicted octanol–water partition coefficient (Wildman–Crippen LogP) is 4.10. The summed E-state index contributed by atoms with van der Waals surface area (Å²) in [6, 6.07) is 21.9. The van der Waals surface area contributed by atoms with E-state index in [1.165, 1.54) is 13.3 Å². The number of hydrogen-bond donors (Lipinski definition) is 2. The van der Waals surface area contributed by atoms with Gasteiger partial charge >= 0.3 is 0 Å². The van der Waals surface area contributed by atoms with E-state index < -0.39 is 5.91 Å². The molecule has 1 aromatic heterocycles. The number of nitrogens with one attached hydrogen (secondary N) is 2. The Balaban J connectivity index is 1.28. The van der Waals surface area contributed by atoms with Crippen LogP contribution in [-0.2, 0) is 9.59 Å². The van der Waals surface area contributed by atoms with Gasteiger partial charge in [-0.15, -0.1) is 0 Å². The number of benzene rings is 3. The highest BCUT2D eigenvalue weighted by Crippen LogP contribution is 2.27. The van der Waals surface area contributed by atoms with Crippen LogP contribution in [0.3, 0.4) is 0 Å². The summed E-state index contributed by atoms with van der Waals surface area (Å²) in [5.74, 6) is 0.638. The second-order valence-corrected chi connectivity index (χ2v) is 7.98. The minimum absolute atomic E-state index is 0.180. The van der Waals surface area contributed by atoms with Crippen molar-refractivity contribution in [1.29, 1.82) is 0 Å². The van der Waals surface area contributed by atoms with Crippen LogP contribution in [0.4, 0.5) is 5.69 Å². The predicted molar refractivity (Wildman–Crippen MR) is 141 cm³/mol. The van der Waals surface area contributed by atoms with Crippen molar-refractivity contribution < 1.29 is 23.8 Å². The van der Waals surface area contributed by atoms with Gasteiger partial charge in [0.1, 0.15) is 11.3 Å². The summed E-state index contributed by atoms with van der Waals surface area (Å²) in [4.78, 5) is 28.7. The molecule has 188 valence electrons. The summed E-state index contributed by atoms with van der Waals surface area (Å²) in [7, 11) is 1.50. The number of ether oxygens (including phenoxy) is 3. The SMILES string of the molecule is COc1cc(/C=N\NC(=O)COc2cccc3cccnc23)ccc1OCC(=O)Nc1ccccc1C. The van der Waals surface area contributed by atoms with Gasteiger partial charge in [0.05, 0.1) is 13.3 Å². The molecule has 0 aliphatic carbocycles. The smallest absolute Gasteiger partial charge is 0.277 e. The van der Waals surface area contributed by atoms with Crippen molar-refractivity contribution in [3.8, 4) is 17.2 Å². The van der Waals surface area contributed by atoms with Gasteiger partial charge in [-0.3, -0.25) is 14.6 Å². The normalized spacial score (nSPS) is 10.8. The molecule has 3 aromatic carbocycles. The molecule has 0 aliphatic rings. The van der Waals surface area contributed by atoms with Gasteiger partial charge < -0.3 is 19.5 Å². The van der Waals surface area contributed by atoms with E-state index in [0.29, 0.717) is 28.3 Å². The summed E-state index contributed by atoms with van der Waals surface area (Å²) in [6.07, 6.45) is 3.14. The standard InChI is InChI=1S/C28H26N4O5/c1-19-7-3-4-10-22(19)31-26(33)17-36-23-13-12-20(15-25(23)35-2)16-30-32-27(34)18-37-24-11-5-8-21-9-6-14-29-28(21)24/h3-16H,17-18H2,1-2H3,(H,31,33)(H,32,34)/b30-16-. The third kappa shape index (κ3) is 6.82. The van der Waals surface area contributed by atoms with E-state index in [9.17, 15) is 9.59 Å². The van der Waals surface area contributed by atoms with Crippen molar-refractivity contribution in [1.82, 2.24) is 10.4 Å². The van der Waals surface area contributed by atoms with Gasteiger partial charge in [0.15, 0.2) is 24.7 Å². The number of hydrazone groups is 1. The number of para-hydroxylation sites is 2. The molecule has 0 fully saturated rings. The van der Waals surface area contributed by atoms with E-state index in [2.05, 4.69) is 20.8 Å². The van der Waals surface area contributed by atoms with Gasteiger partial charge in [-0.05, 0) is 54.4 Å². The molecule has 0 unspecified atom stereocenters. The van der Waals surface area contributed by atoms with Crippen LogP contribution in [0, 0.1) is 6.92 Å². The highest BCUT2D eigenvalue weighted by Gasteiger charge is 2.10. The minimum atomic E-state index is -0.421. The molecule has 0 radical (unpaired) electrons. The number of pyridine rings is 1. The largest absolute Gasteiger partial charge is 0.493 e. The fraction of sp³-hybridized carbons (Fsp3) is 0.143. The summed E-state index contributed by atoms with van der Waals surface area (Å²) >= 11 is 0. The fourth-order valence-corrected chi connectivity index (χ4v) is 3.47. The molecule has 2 N–H and O–H groups in total. The van der Waals surface area contributed by atoms with Gasteiger partial charge in [-0.25, -0.2) is 5.43 Å². The molecule has 1 heterocycles. The first-order chi connectivity index (χ1) is 18.0. The lowest BCUT2D eigenvalue weighted by Gasteiger charge is -2.12. The average molecular weight is 499 g/mol. The van der Waals surface area contributed by atoms with Crippen molar-refractivity contribution in [3.05, 3.63) is 90.1 Å². The number of fused-ring (bicyclic) bond motifs is 1.